The number of ether oxygens (including phenoxy) is 1. The highest BCUT2D eigenvalue weighted by Crippen LogP contribution is 2.36. The van der Waals surface area contributed by atoms with Crippen LogP contribution in [0.2, 0.25) is 0 Å². The molecule has 1 aliphatic rings. The van der Waals surface area contributed by atoms with E-state index in [0.29, 0.717) is 6.54 Å². The van der Waals surface area contributed by atoms with Crippen LogP contribution in [0, 0.1) is 0 Å². The lowest BCUT2D eigenvalue weighted by atomic mass is 10.1. The topological polar surface area (TPSA) is 50.4 Å². The molecule has 2 rings (SSSR count). The average molecular weight is 294 g/mol. The minimum Gasteiger partial charge on any atom is -0.492 e. The number of rotatable bonds is 6. The van der Waals surface area contributed by atoms with Gasteiger partial charge in [0.2, 0.25) is 0 Å². The molecule has 0 bridgehead atoms. The number of hydrogen-bond acceptors (Lipinski definition) is 3. The zero-order valence-corrected chi connectivity index (χ0v) is 12.7. The Morgan fingerprint density at radius 1 is 1.35 bits per heavy atom. The first-order valence-electron chi connectivity index (χ1n) is 7.20. The average Bonchev–Trinajstić information content (AvgIpc) is 2.49. The minimum atomic E-state index is -0.0698. The highest BCUT2D eigenvalue weighted by Gasteiger charge is 2.14. The number of aryl methyl sites for hydroxylation is 1. The number of carbonyl (C=O) groups excluding carboxylic acids is 1. The SMILES string of the molecule is CCCNC(=O)NCCCc1cccc2c1SCCO2. The Kier molecular flexibility index (Phi) is 6.05. The van der Waals surface area contributed by atoms with E-state index in [4.69, 9.17) is 4.74 Å². The molecule has 1 aromatic rings. The summed E-state index contributed by atoms with van der Waals surface area (Å²) < 4.78 is 5.65. The summed E-state index contributed by atoms with van der Waals surface area (Å²) in [5, 5.41) is 5.69. The van der Waals surface area contributed by atoms with Gasteiger partial charge in [-0.3, -0.25) is 0 Å². The molecule has 0 spiro atoms. The highest BCUT2D eigenvalue weighted by atomic mass is 32.2. The molecular weight excluding hydrogens is 272 g/mol. The number of hydrogen-bond donors (Lipinski definition) is 2. The van der Waals surface area contributed by atoms with E-state index < -0.39 is 0 Å². The quantitative estimate of drug-likeness (QED) is 0.793. The molecule has 0 saturated heterocycles. The smallest absolute Gasteiger partial charge is 0.314 e. The molecular formula is C15H22N2O2S. The highest BCUT2D eigenvalue weighted by molar-refractivity contribution is 7.99. The molecule has 1 aliphatic heterocycles. The summed E-state index contributed by atoms with van der Waals surface area (Å²) in [7, 11) is 0. The molecule has 0 aliphatic carbocycles. The first kappa shape index (κ1) is 15.0. The molecule has 0 unspecified atom stereocenters. The third-order valence-corrected chi connectivity index (χ3v) is 4.21. The Bertz CT molecular complexity index is 451. The van der Waals surface area contributed by atoms with Gasteiger partial charge in [-0.2, -0.15) is 0 Å². The fourth-order valence-electron chi connectivity index (χ4n) is 2.11. The summed E-state index contributed by atoms with van der Waals surface area (Å²) in [6.07, 6.45) is 2.87. The Morgan fingerprint density at radius 3 is 3.05 bits per heavy atom. The molecule has 0 aromatic heterocycles. The normalized spacial score (nSPS) is 13.2. The van der Waals surface area contributed by atoms with Crippen LogP contribution in [-0.4, -0.2) is 31.5 Å². The molecule has 1 aromatic carbocycles. The second kappa shape index (κ2) is 8.04. The van der Waals surface area contributed by atoms with Crippen LogP contribution in [0.4, 0.5) is 4.79 Å². The largest absolute Gasteiger partial charge is 0.492 e. The van der Waals surface area contributed by atoms with Crippen LogP contribution in [0.1, 0.15) is 25.3 Å². The summed E-state index contributed by atoms with van der Waals surface area (Å²) in [5.74, 6) is 2.02. The number of thioether (sulfide) groups is 1. The summed E-state index contributed by atoms with van der Waals surface area (Å²) in [6, 6.07) is 6.15. The maximum atomic E-state index is 11.4. The van der Waals surface area contributed by atoms with Gasteiger partial charge < -0.3 is 15.4 Å². The summed E-state index contributed by atoms with van der Waals surface area (Å²) in [5.41, 5.74) is 1.32. The van der Waals surface area contributed by atoms with E-state index in [1.165, 1.54) is 10.5 Å². The maximum Gasteiger partial charge on any atom is 0.314 e. The van der Waals surface area contributed by atoms with E-state index in [0.717, 1.165) is 43.9 Å². The van der Waals surface area contributed by atoms with Gasteiger partial charge >= 0.3 is 6.03 Å². The van der Waals surface area contributed by atoms with E-state index in [1.54, 1.807) is 0 Å². The van der Waals surface area contributed by atoms with Crippen LogP contribution in [0.15, 0.2) is 23.1 Å². The van der Waals surface area contributed by atoms with Crippen LogP contribution >= 0.6 is 11.8 Å². The molecule has 1 heterocycles. The first-order chi connectivity index (χ1) is 9.81. The lowest BCUT2D eigenvalue weighted by Gasteiger charge is -2.19. The molecule has 0 saturated carbocycles. The zero-order chi connectivity index (χ0) is 14.2. The Morgan fingerprint density at radius 2 is 2.20 bits per heavy atom. The van der Waals surface area contributed by atoms with Gasteiger partial charge in [0.05, 0.1) is 11.5 Å². The molecule has 20 heavy (non-hydrogen) atoms. The number of amides is 2. The van der Waals surface area contributed by atoms with Crippen molar-refractivity contribution in [3.8, 4) is 5.75 Å². The maximum absolute atomic E-state index is 11.4. The number of nitrogens with one attached hydrogen (secondary N) is 2. The third-order valence-electron chi connectivity index (χ3n) is 3.09. The lowest BCUT2D eigenvalue weighted by molar-refractivity contribution is 0.241. The summed E-state index contributed by atoms with van der Waals surface area (Å²) in [4.78, 5) is 12.7. The van der Waals surface area contributed by atoms with Gasteiger partial charge in [-0.15, -0.1) is 11.8 Å². The van der Waals surface area contributed by atoms with Crippen molar-refractivity contribution in [1.82, 2.24) is 10.6 Å². The van der Waals surface area contributed by atoms with Crippen LogP contribution in [0.25, 0.3) is 0 Å². The molecule has 0 fully saturated rings. The van der Waals surface area contributed by atoms with Crippen molar-refractivity contribution >= 4 is 17.8 Å². The van der Waals surface area contributed by atoms with Crippen molar-refractivity contribution in [1.29, 1.82) is 0 Å². The molecule has 0 atom stereocenters. The van der Waals surface area contributed by atoms with Gasteiger partial charge in [0, 0.05) is 18.8 Å². The first-order valence-corrected chi connectivity index (χ1v) is 8.19. The molecule has 2 amide bonds. The monoisotopic (exact) mass is 294 g/mol. The van der Waals surface area contributed by atoms with E-state index in [2.05, 4.69) is 16.7 Å². The van der Waals surface area contributed by atoms with Crippen LogP contribution < -0.4 is 15.4 Å². The molecule has 110 valence electrons. The Hall–Kier alpha value is -1.36. The summed E-state index contributed by atoms with van der Waals surface area (Å²) in [6.45, 7) is 4.26. The van der Waals surface area contributed by atoms with Gasteiger partial charge in [-0.25, -0.2) is 4.79 Å². The molecule has 2 N–H and O–H groups in total. The predicted octanol–water partition coefficient (Wildman–Crippen LogP) is 2.81. The van der Waals surface area contributed by atoms with E-state index in [1.807, 2.05) is 30.8 Å². The minimum absolute atomic E-state index is 0.0698. The standard InChI is InChI=1S/C15H22N2O2S/c1-2-8-16-15(18)17-9-4-6-12-5-3-7-13-14(12)20-11-10-19-13/h3,5,7H,2,4,6,8-11H2,1H3,(H2,16,17,18). The predicted molar refractivity (Wildman–Crippen MR) is 82.7 cm³/mol. The number of urea groups is 1. The van der Waals surface area contributed by atoms with E-state index in [-0.39, 0.29) is 6.03 Å². The van der Waals surface area contributed by atoms with Crippen molar-refractivity contribution in [2.45, 2.75) is 31.1 Å². The van der Waals surface area contributed by atoms with Crippen LogP contribution in [-0.2, 0) is 6.42 Å². The van der Waals surface area contributed by atoms with Crippen LogP contribution in [0.5, 0.6) is 5.75 Å². The van der Waals surface area contributed by atoms with Crippen molar-refractivity contribution in [2.24, 2.45) is 0 Å². The second-order valence-corrected chi connectivity index (χ2v) is 5.83. The fraction of sp³-hybridized carbons (Fsp3) is 0.533. The van der Waals surface area contributed by atoms with Gasteiger partial charge in [0.15, 0.2) is 0 Å². The Balaban J connectivity index is 1.76. The summed E-state index contributed by atoms with van der Waals surface area (Å²) >= 11 is 1.87. The molecule has 0 radical (unpaired) electrons. The second-order valence-electron chi connectivity index (χ2n) is 4.73. The number of benzene rings is 1. The van der Waals surface area contributed by atoms with Gasteiger partial charge in [-0.1, -0.05) is 19.1 Å². The van der Waals surface area contributed by atoms with E-state index >= 15 is 0 Å². The van der Waals surface area contributed by atoms with Crippen molar-refractivity contribution in [3.05, 3.63) is 23.8 Å². The van der Waals surface area contributed by atoms with Gasteiger partial charge in [0.25, 0.3) is 0 Å². The number of fused-ring (bicyclic) bond motifs is 1. The van der Waals surface area contributed by atoms with Crippen molar-refractivity contribution < 1.29 is 9.53 Å². The lowest BCUT2D eigenvalue weighted by Crippen LogP contribution is -2.36. The van der Waals surface area contributed by atoms with Gasteiger partial charge in [0.1, 0.15) is 5.75 Å². The van der Waals surface area contributed by atoms with Crippen molar-refractivity contribution in [3.63, 3.8) is 0 Å². The molecule has 5 heteroatoms. The fourth-order valence-corrected chi connectivity index (χ4v) is 3.11. The molecule has 4 nitrogen and oxygen atoms in total. The Labute approximate surface area is 124 Å². The van der Waals surface area contributed by atoms with Gasteiger partial charge in [-0.05, 0) is 30.9 Å². The van der Waals surface area contributed by atoms with E-state index in [9.17, 15) is 4.79 Å². The third kappa shape index (κ3) is 4.34. The van der Waals surface area contributed by atoms with Crippen molar-refractivity contribution in [2.75, 3.05) is 25.4 Å². The number of carbonyl (C=O) groups is 1. The zero-order valence-electron chi connectivity index (χ0n) is 11.9. The van der Waals surface area contributed by atoms with Crippen LogP contribution in [0.3, 0.4) is 0 Å².